The number of aromatic amines is 1. The van der Waals surface area contributed by atoms with Crippen molar-refractivity contribution in [1.29, 1.82) is 0 Å². The molecular formula is C33H35N7OS. The van der Waals surface area contributed by atoms with Crippen LogP contribution < -0.4 is 15.5 Å². The van der Waals surface area contributed by atoms with E-state index in [9.17, 15) is 4.79 Å². The first-order valence-corrected chi connectivity index (χ1v) is 15.5. The van der Waals surface area contributed by atoms with Crippen molar-refractivity contribution in [3.8, 4) is 11.4 Å². The normalized spacial score (nSPS) is 15.5. The fourth-order valence-electron chi connectivity index (χ4n) is 5.91. The van der Waals surface area contributed by atoms with E-state index in [4.69, 9.17) is 9.97 Å². The lowest BCUT2D eigenvalue weighted by molar-refractivity contribution is 0.103. The molecule has 1 amide bonds. The summed E-state index contributed by atoms with van der Waals surface area (Å²) in [7, 11) is 2.17. The number of H-pyrrole nitrogens is 1. The van der Waals surface area contributed by atoms with Crippen molar-refractivity contribution >= 4 is 51.2 Å². The van der Waals surface area contributed by atoms with Gasteiger partial charge in [-0.25, -0.2) is 9.97 Å². The van der Waals surface area contributed by atoms with Crippen LogP contribution in [-0.2, 0) is 12.8 Å². The van der Waals surface area contributed by atoms with Crippen LogP contribution >= 0.6 is 11.3 Å². The zero-order chi connectivity index (χ0) is 28.6. The second-order valence-electron chi connectivity index (χ2n) is 11.3. The number of rotatable bonds is 6. The molecule has 0 atom stereocenters. The lowest BCUT2D eigenvalue weighted by Crippen LogP contribution is -2.44. The van der Waals surface area contributed by atoms with E-state index in [2.05, 4.69) is 62.8 Å². The number of carbonyl (C=O) groups is 1. The summed E-state index contributed by atoms with van der Waals surface area (Å²) in [4.78, 5) is 33.2. The van der Waals surface area contributed by atoms with Crippen molar-refractivity contribution in [2.75, 3.05) is 48.8 Å². The first-order valence-electron chi connectivity index (χ1n) is 14.7. The number of benzene rings is 2. The molecule has 5 aromatic rings. The molecule has 0 radical (unpaired) electrons. The van der Waals surface area contributed by atoms with E-state index >= 15 is 0 Å². The van der Waals surface area contributed by atoms with Crippen molar-refractivity contribution in [2.24, 2.45) is 0 Å². The molecule has 3 aromatic heterocycles. The van der Waals surface area contributed by atoms with Crippen molar-refractivity contribution in [1.82, 2.24) is 19.9 Å². The maximum atomic E-state index is 13.2. The van der Waals surface area contributed by atoms with Gasteiger partial charge in [0.2, 0.25) is 0 Å². The summed E-state index contributed by atoms with van der Waals surface area (Å²) >= 11 is 1.63. The summed E-state index contributed by atoms with van der Waals surface area (Å²) < 4.78 is 0. The molecule has 2 aliphatic rings. The number of thiophene rings is 1. The Bertz CT molecular complexity index is 1720. The summed E-state index contributed by atoms with van der Waals surface area (Å²) in [5.41, 5.74) is 6.88. The van der Waals surface area contributed by atoms with Crippen LogP contribution in [0.2, 0.25) is 0 Å². The molecule has 2 aromatic carbocycles. The van der Waals surface area contributed by atoms with Crippen LogP contribution in [0.3, 0.4) is 0 Å². The Kier molecular flexibility index (Phi) is 7.13. The SMILES string of the molecule is Cc1c(NC(=O)c2cc3c(s2)CCCC3)cccc1-c1nc(Nc2ccc(N3CCN(C)CC3)cc2)c2cc[nH]c2n1. The van der Waals surface area contributed by atoms with Gasteiger partial charge in [-0.15, -0.1) is 11.3 Å². The summed E-state index contributed by atoms with van der Waals surface area (Å²) in [5, 5.41) is 7.60. The summed E-state index contributed by atoms with van der Waals surface area (Å²) in [5.74, 6) is 1.28. The van der Waals surface area contributed by atoms with E-state index < -0.39 is 0 Å². The van der Waals surface area contributed by atoms with Gasteiger partial charge in [0.25, 0.3) is 5.91 Å². The van der Waals surface area contributed by atoms with Gasteiger partial charge in [0, 0.05) is 59.9 Å². The number of piperazine rings is 1. The Morgan fingerprint density at radius 1 is 0.976 bits per heavy atom. The Morgan fingerprint density at radius 2 is 1.79 bits per heavy atom. The van der Waals surface area contributed by atoms with Gasteiger partial charge in [-0.05, 0) is 93.2 Å². The average molecular weight is 578 g/mol. The van der Waals surface area contributed by atoms with Gasteiger partial charge in [0.1, 0.15) is 11.5 Å². The minimum Gasteiger partial charge on any atom is -0.369 e. The second-order valence-corrected chi connectivity index (χ2v) is 12.4. The predicted molar refractivity (Wildman–Crippen MR) is 172 cm³/mol. The highest BCUT2D eigenvalue weighted by Crippen LogP contribution is 2.33. The third-order valence-electron chi connectivity index (χ3n) is 8.46. The minimum atomic E-state index is -0.0576. The zero-order valence-corrected chi connectivity index (χ0v) is 24.9. The van der Waals surface area contributed by atoms with Crippen LogP contribution in [0.5, 0.6) is 0 Å². The predicted octanol–water partition coefficient (Wildman–Crippen LogP) is 6.62. The minimum absolute atomic E-state index is 0.0576. The number of aromatic nitrogens is 3. The number of aryl methyl sites for hydroxylation is 2. The number of anilines is 4. The van der Waals surface area contributed by atoms with Gasteiger partial charge in [0.15, 0.2) is 5.82 Å². The van der Waals surface area contributed by atoms with Crippen molar-refractivity contribution in [2.45, 2.75) is 32.6 Å². The number of fused-ring (bicyclic) bond motifs is 2. The van der Waals surface area contributed by atoms with Crippen LogP contribution in [-0.4, -0.2) is 59.0 Å². The quantitative estimate of drug-likeness (QED) is 0.210. The maximum Gasteiger partial charge on any atom is 0.265 e. The van der Waals surface area contributed by atoms with Gasteiger partial charge >= 0.3 is 0 Å². The number of amides is 1. The Morgan fingerprint density at radius 3 is 2.60 bits per heavy atom. The fraction of sp³-hybridized carbons (Fsp3) is 0.303. The molecule has 9 heteroatoms. The Hall–Kier alpha value is -4.21. The molecule has 3 N–H and O–H groups in total. The number of hydrogen-bond donors (Lipinski definition) is 3. The monoisotopic (exact) mass is 577 g/mol. The van der Waals surface area contributed by atoms with Crippen LogP contribution in [0.1, 0.15) is 38.5 Å². The van der Waals surface area contributed by atoms with Crippen molar-refractivity contribution < 1.29 is 4.79 Å². The standard InChI is InChI=1S/C33H35N7OS/c1-21-25(7-5-8-27(21)36-33(41)29-20-22-6-3-4-9-28(22)42-29)31-37-30-26(14-15-34-30)32(38-31)35-23-10-12-24(13-11-23)40-18-16-39(2)17-19-40/h5,7-8,10-15,20H,3-4,6,9,16-19H2,1-2H3,(H,36,41)(H2,34,35,37,38). The number of nitrogens with one attached hydrogen (secondary N) is 3. The van der Waals surface area contributed by atoms with Crippen molar-refractivity contribution in [3.63, 3.8) is 0 Å². The molecule has 8 nitrogen and oxygen atoms in total. The number of likely N-dealkylation sites (N-methyl/N-ethyl adjacent to an activating group) is 1. The number of nitrogens with zero attached hydrogens (tertiary/aromatic N) is 4. The first kappa shape index (κ1) is 26.7. The van der Waals surface area contributed by atoms with Gasteiger partial charge in [-0.3, -0.25) is 4.79 Å². The number of hydrogen-bond acceptors (Lipinski definition) is 7. The molecular weight excluding hydrogens is 542 g/mol. The lowest BCUT2D eigenvalue weighted by atomic mass is 9.99. The molecule has 42 heavy (non-hydrogen) atoms. The fourth-order valence-corrected chi connectivity index (χ4v) is 7.06. The van der Waals surface area contributed by atoms with Gasteiger partial charge in [-0.2, -0.15) is 0 Å². The second kappa shape index (κ2) is 11.2. The smallest absolute Gasteiger partial charge is 0.265 e. The van der Waals surface area contributed by atoms with Gasteiger partial charge in [-0.1, -0.05) is 12.1 Å². The maximum absolute atomic E-state index is 13.2. The molecule has 0 spiro atoms. The van der Waals surface area contributed by atoms with Crippen LogP contribution in [0.25, 0.3) is 22.4 Å². The largest absolute Gasteiger partial charge is 0.369 e. The number of carbonyl (C=O) groups excluding carboxylic acids is 1. The van der Waals surface area contributed by atoms with E-state index in [-0.39, 0.29) is 5.91 Å². The molecule has 1 aliphatic heterocycles. The molecule has 0 unspecified atom stereocenters. The van der Waals surface area contributed by atoms with Crippen LogP contribution in [0.4, 0.5) is 22.9 Å². The molecule has 0 bridgehead atoms. The Labute approximate surface area is 249 Å². The molecule has 1 aliphatic carbocycles. The van der Waals surface area contributed by atoms with Gasteiger partial charge in [0.05, 0.1) is 10.3 Å². The van der Waals surface area contributed by atoms with E-state index in [1.807, 2.05) is 37.4 Å². The third kappa shape index (κ3) is 5.26. The van der Waals surface area contributed by atoms with E-state index in [1.165, 1.54) is 29.0 Å². The summed E-state index contributed by atoms with van der Waals surface area (Å²) in [6, 6.07) is 18.5. The van der Waals surface area contributed by atoms with E-state index in [0.717, 1.165) is 83.3 Å². The van der Waals surface area contributed by atoms with E-state index in [0.29, 0.717) is 5.82 Å². The molecule has 214 valence electrons. The third-order valence-corrected chi connectivity index (χ3v) is 9.69. The van der Waals surface area contributed by atoms with E-state index in [1.54, 1.807) is 11.3 Å². The molecule has 1 fully saturated rings. The highest BCUT2D eigenvalue weighted by Gasteiger charge is 2.20. The van der Waals surface area contributed by atoms with Crippen LogP contribution in [0.15, 0.2) is 60.8 Å². The lowest BCUT2D eigenvalue weighted by Gasteiger charge is -2.34. The van der Waals surface area contributed by atoms with Crippen LogP contribution in [0, 0.1) is 6.92 Å². The van der Waals surface area contributed by atoms with Gasteiger partial charge < -0.3 is 25.4 Å². The summed E-state index contributed by atoms with van der Waals surface area (Å²) in [6.07, 6.45) is 6.45. The topological polar surface area (TPSA) is 89.2 Å². The highest BCUT2D eigenvalue weighted by atomic mass is 32.1. The molecule has 4 heterocycles. The molecule has 7 rings (SSSR count). The van der Waals surface area contributed by atoms with Crippen molar-refractivity contribution in [3.05, 3.63) is 81.7 Å². The molecule has 0 saturated carbocycles. The first-order chi connectivity index (χ1) is 20.5. The Balaban J connectivity index is 1.14. The average Bonchev–Trinajstić information content (AvgIpc) is 3.67. The summed E-state index contributed by atoms with van der Waals surface area (Å²) in [6.45, 7) is 6.25. The molecule has 1 saturated heterocycles. The highest BCUT2D eigenvalue weighted by molar-refractivity contribution is 7.14. The zero-order valence-electron chi connectivity index (χ0n) is 24.0.